The zero-order chi connectivity index (χ0) is 9.14. The van der Waals surface area contributed by atoms with E-state index in [0.717, 1.165) is 0 Å². The van der Waals surface area contributed by atoms with Crippen LogP contribution < -0.4 is 5.73 Å². The average molecular weight is 165 g/mol. The summed E-state index contributed by atoms with van der Waals surface area (Å²) in [6.07, 6.45) is 0. The van der Waals surface area contributed by atoms with Crippen molar-refractivity contribution in [3.05, 3.63) is 30.3 Å². The van der Waals surface area contributed by atoms with Gasteiger partial charge in [0.05, 0.1) is 18.4 Å². The normalized spacial score (nSPS) is 9.42. The molecule has 0 aliphatic rings. The van der Waals surface area contributed by atoms with Crippen LogP contribution in [0.25, 0.3) is 5.76 Å². The van der Waals surface area contributed by atoms with E-state index < -0.39 is 0 Å². The summed E-state index contributed by atoms with van der Waals surface area (Å²) in [7, 11) is 1.49. The third-order valence-corrected chi connectivity index (χ3v) is 1.61. The topological polar surface area (TPSA) is 55.5 Å². The first-order chi connectivity index (χ1) is 5.66. The predicted molar refractivity (Wildman–Crippen MR) is 48.6 cm³/mol. The molecular weight excluding hydrogens is 154 g/mol. The zero-order valence-corrected chi connectivity index (χ0v) is 6.87. The lowest BCUT2D eigenvalue weighted by molar-refractivity contribution is 0.367. The molecule has 0 aromatic heterocycles. The summed E-state index contributed by atoms with van der Waals surface area (Å²) in [6, 6.07) is 5.04. The van der Waals surface area contributed by atoms with Crippen LogP contribution in [0, 0.1) is 0 Å². The van der Waals surface area contributed by atoms with E-state index in [0.29, 0.717) is 17.0 Å². The fourth-order valence-electron chi connectivity index (χ4n) is 0.896. The van der Waals surface area contributed by atoms with Crippen molar-refractivity contribution in [2.75, 3.05) is 12.8 Å². The van der Waals surface area contributed by atoms with Crippen molar-refractivity contribution < 1.29 is 9.84 Å². The zero-order valence-electron chi connectivity index (χ0n) is 6.87. The van der Waals surface area contributed by atoms with E-state index in [-0.39, 0.29) is 5.75 Å². The standard InChI is InChI=1S/C9H11NO2/c1-6(12-2)7-4-3-5-8(10)9(7)11/h3-5,11H,1,10H2,2H3. The number of aromatic hydroxyl groups is 1. The molecule has 0 amide bonds. The molecule has 1 aromatic rings. The van der Waals surface area contributed by atoms with Crippen LogP contribution in [-0.4, -0.2) is 12.2 Å². The van der Waals surface area contributed by atoms with E-state index in [9.17, 15) is 5.11 Å². The first kappa shape index (κ1) is 8.46. The molecule has 64 valence electrons. The third kappa shape index (κ3) is 1.34. The van der Waals surface area contributed by atoms with Crippen molar-refractivity contribution in [1.82, 2.24) is 0 Å². The molecule has 3 heteroatoms. The minimum Gasteiger partial charge on any atom is -0.505 e. The van der Waals surface area contributed by atoms with Crippen LogP contribution in [0.4, 0.5) is 5.69 Å². The second kappa shape index (κ2) is 3.17. The Morgan fingerprint density at radius 3 is 2.83 bits per heavy atom. The van der Waals surface area contributed by atoms with Crippen LogP contribution in [0.3, 0.4) is 0 Å². The number of hydrogen-bond acceptors (Lipinski definition) is 3. The molecule has 0 aliphatic carbocycles. The van der Waals surface area contributed by atoms with Crippen LogP contribution in [0.2, 0.25) is 0 Å². The monoisotopic (exact) mass is 165 g/mol. The number of phenols is 1. The molecule has 1 aromatic carbocycles. The molecule has 0 heterocycles. The molecule has 0 radical (unpaired) electrons. The molecule has 0 saturated heterocycles. The number of methoxy groups -OCH3 is 1. The number of benzene rings is 1. The molecule has 0 spiro atoms. The Hall–Kier alpha value is -1.64. The quantitative estimate of drug-likeness (QED) is 0.397. The Kier molecular flexibility index (Phi) is 2.24. The summed E-state index contributed by atoms with van der Waals surface area (Å²) in [4.78, 5) is 0. The molecule has 12 heavy (non-hydrogen) atoms. The summed E-state index contributed by atoms with van der Waals surface area (Å²) in [5.41, 5.74) is 6.32. The second-order valence-electron chi connectivity index (χ2n) is 2.37. The molecule has 1 rings (SSSR count). The molecule has 0 fully saturated rings. The molecular formula is C9H11NO2. The number of ether oxygens (including phenoxy) is 1. The SMILES string of the molecule is C=C(OC)c1cccc(N)c1O. The highest BCUT2D eigenvalue weighted by atomic mass is 16.5. The van der Waals surface area contributed by atoms with Crippen LogP contribution in [0.1, 0.15) is 5.56 Å². The summed E-state index contributed by atoms with van der Waals surface area (Å²) in [5, 5.41) is 9.43. The maximum atomic E-state index is 9.43. The fraction of sp³-hybridized carbons (Fsp3) is 0.111. The summed E-state index contributed by atoms with van der Waals surface area (Å²) >= 11 is 0. The maximum Gasteiger partial charge on any atom is 0.149 e. The Balaban J connectivity index is 3.16. The number of nitrogens with two attached hydrogens (primary N) is 1. The van der Waals surface area contributed by atoms with E-state index in [1.165, 1.54) is 7.11 Å². The molecule has 3 N–H and O–H groups in total. The smallest absolute Gasteiger partial charge is 0.149 e. The van der Waals surface area contributed by atoms with Crippen LogP contribution >= 0.6 is 0 Å². The highest BCUT2D eigenvalue weighted by molar-refractivity contribution is 5.70. The Labute approximate surface area is 71.1 Å². The fourth-order valence-corrected chi connectivity index (χ4v) is 0.896. The van der Waals surface area contributed by atoms with Gasteiger partial charge >= 0.3 is 0 Å². The second-order valence-corrected chi connectivity index (χ2v) is 2.37. The number of phenolic OH excluding ortho intramolecular Hbond substituents is 1. The average Bonchev–Trinajstić information content (AvgIpc) is 2.08. The molecule has 0 aliphatic heterocycles. The van der Waals surface area contributed by atoms with Gasteiger partial charge in [0, 0.05) is 0 Å². The van der Waals surface area contributed by atoms with E-state index in [1.807, 2.05) is 0 Å². The number of anilines is 1. The van der Waals surface area contributed by atoms with Crippen molar-refractivity contribution in [1.29, 1.82) is 0 Å². The highest BCUT2D eigenvalue weighted by Gasteiger charge is 2.06. The minimum absolute atomic E-state index is 0.0179. The van der Waals surface area contributed by atoms with Gasteiger partial charge in [-0.3, -0.25) is 0 Å². The Morgan fingerprint density at radius 1 is 1.58 bits per heavy atom. The molecule has 0 unspecified atom stereocenters. The van der Waals surface area contributed by atoms with Gasteiger partial charge in [-0.2, -0.15) is 0 Å². The number of para-hydroxylation sites is 1. The Morgan fingerprint density at radius 2 is 2.25 bits per heavy atom. The largest absolute Gasteiger partial charge is 0.505 e. The molecule has 0 atom stereocenters. The van der Waals surface area contributed by atoms with Crippen LogP contribution in [-0.2, 0) is 4.74 Å². The van der Waals surface area contributed by atoms with Gasteiger partial charge in [0.15, 0.2) is 0 Å². The van der Waals surface area contributed by atoms with Gasteiger partial charge in [0.1, 0.15) is 11.5 Å². The van der Waals surface area contributed by atoms with Crippen LogP contribution in [0.5, 0.6) is 5.75 Å². The van der Waals surface area contributed by atoms with Crippen LogP contribution in [0.15, 0.2) is 24.8 Å². The van der Waals surface area contributed by atoms with Crippen molar-refractivity contribution in [3.8, 4) is 5.75 Å². The summed E-state index contributed by atoms with van der Waals surface area (Å²) in [5.74, 6) is 0.421. The van der Waals surface area contributed by atoms with E-state index in [4.69, 9.17) is 10.5 Å². The van der Waals surface area contributed by atoms with E-state index in [2.05, 4.69) is 6.58 Å². The van der Waals surface area contributed by atoms with E-state index >= 15 is 0 Å². The molecule has 0 saturated carbocycles. The maximum absolute atomic E-state index is 9.43. The minimum atomic E-state index is 0.0179. The number of hydrogen-bond donors (Lipinski definition) is 2. The molecule has 3 nitrogen and oxygen atoms in total. The van der Waals surface area contributed by atoms with Gasteiger partial charge in [0.25, 0.3) is 0 Å². The lowest BCUT2D eigenvalue weighted by atomic mass is 10.1. The van der Waals surface area contributed by atoms with Crippen molar-refractivity contribution in [2.24, 2.45) is 0 Å². The van der Waals surface area contributed by atoms with Gasteiger partial charge in [-0.05, 0) is 12.1 Å². The van der Waals surface area contributed by atoms with Gasteiger partial charge < -0.3 is 15.6 Å². The number of rotatable bonds is 2. The lowest BCUT2D eigenvalue weighted by Gasteiger charge is -2.07. The van der Waals surface area contributed by atoms with Gasteiger partial charge in [-0.1, -0.05) is 12.6 Å². The third-order valence-electron chi connectivity index (χ3n) is 1.61. The first-order valence-electron chi connectivity index (χ1n) is 3.47. The predicted octanol–water partition coefficient (Wildman–Crippen LogP) is 1.59. The summed E-state index contributed by atoms with van der Waals surface area (Å²) in [6.45, 7) is 3.61. The lowest BCUT2D eigenvalue weighted by Crippen LogP contribution is -1.91. The van der Waals surface area contributed by atoms with Crippen molar-refractivity contribution in [2.45, 2.75) is 0 Å². The molecule has 0 bridgehead atoms. The highest BCUT2D eigenvalue weighted by Crippen LogP contribution is 2.29. The Bertz CT molecular complexity index is 307. The van der Waals surface area contributed by atoms with E-state index in [1.54, 1.807) is 18.2 Å². The van der Waals surface area contributed by atoms with Gasteiger partial charge in [-0.15, -0.1) is 0 Å². The first-order valence-corrected chi connectivity index (χ1v) is 3.47. The van der Waals surface area contributed by atoms with Crippen molar-refractivity contribution >= 4 is 11.4 Å². The summed E-state index contributed by atoms with van der Waals surface area (Å²) < 4.78 is 4.86. The number of nitrogen functional groups attached to an aromatic ring is 1. The van der Waals surface area contributed by atoms with Crippen molar-refractivity contribution in [3.63, 3.8) is 0 Å². The van der Waals surface area contributed by atoms with Gasteiger partial charge in [-0.25, -0.2) is 0 Å². The van der Waals surface area contributed by atoms with Gasteiger partial charge in [0.2, 0.25) is 0 Å².